The minimum atomic E-state index is -1.26. The molecule has 1 aliphatic carbocycles. The Morgan fingerprint density at radius 1 is 1.04 bits per heavy atom. The molecule has 1 unspecified atom stereocenters. The van der Waals surface area contributed by atoms with Crippen molar-refractivity contribution in [2.45, 2.75) is 26.7 Å². The Morgan fingerprint density at radius 2 is 1.68 bits per heavy atom. The molecular formula is C23H22O5. The summed E-state index contributed by atoms with van der Waals surface area (Å²) >= 11 is 0. The van der Waals surface area contributed by atoms with Crippen LogP contribution in [-0.4, -0.2) is 22.2 Å². The zero-order valence-corrected chi connectivity index (χ0v) is 16.0. The molecule has 144 valence electrons. The van der Waals surface area contributed by atoms with E-state index in [0.29, 0.717) is 11.5 Å². The Balaban J connectivity index is 1.95. The molecule has 0 amide bonds. The van der Waals surface area contributed by atoms with Crippen molar-refractivity contribution in [3.63, 3.8) is 0 Å². The summed E-state index contributed by atoms with van der Waals surface area (Å²) in [6.07, 6.45) is 0. The fourth-order valence-corrected chi connectivity index (χ4v) is 4.35. The minimum Gasteiger partial charge on any atom is -0.481 e. The lowest BCUT2D eigenvalue weighted by Crippen LogP contribution is -2.28. The monoisotopic (exact) mass is 378 g/mol. The highest BCUT2D eigenvalue weighted by atomic mass is 16.5. The van der Waals surface area contributed by atoms with Crippen molar-refractivity contribution in [1.29, 1.82) is 0 Å². The summed E-state index contributed by atoms with van der Waals surface area (Å²) in [7, 11) is 0. The highest BCUT2D eigenvalue weighted by Crippen LogP contribution is 2.74. The quantitative estimate of drug-likeness (QED) is 0.754. The molecule has 3 atom stereocenters. The normalized spacial score (nSPS) is 23.0. The van der Waals surface area contributed by atoms with Gasteiger partial charge in [-0.25, -0.2) is 4.79 Å². The van der Waals surface area contributed by atoms with E-state index in [0.717, 1.165) is 5.56 Å². The number of ether oxygens (including phenoxy) is 1. The molecule has 3 rings (SSSR count). The number of aliphatic carboxylic acids is 2. The number of para-hydroxylation sites is 1. The lowest BCUT2D eigenvalue weighted by Gasteiger charge is -2.24. The molecule has 1 aliphatic rings. The maximum atomic E-state index is 12.3. The van der Waals surface area contributed by atoms with Crippen LogP contribution in [0.2, 0.25) is 0 Å². The smallest absolute Gasteiger partial charge is 0.381 e. The molecule has 0 aromatic heterocycles. The molecule has 2 N–H and O–H groups in total. The standard InChI is InChI=1S/C23H22O5/c1-15(23(21(26)27)19(22(23,2)3)12-13-20(24)25)16-8-7-11-18(14-16)28-17-9-5-4-6-10-17/h4-11,14-15,19H,1-3H3,(H,24,25)(H,26,27)/t15?,19-,23+/m1/s1. The van der Waals surface area contributed by atoms with Crippen LogP contribution < -0.4 is 4.74 Å². The first kappa shape index (κ1) is 19.5. The largest absolute Gasteiger partial charge is 0.481 e. The zero-order valence-electron chi connectivity index (χ0n) is 16.0. The zero-order chi connectivity index (χ0) is 20.5. The third kappa shape index (κ3) is 3.11. The fraction of sp³-hybridized carbons (Fsp3) is 0.304. The third-order valence-corrected chi connectivity index (χ3v) is 5.86. The maximum Gasteiger partial charge on any atom is 0.381 e. The second kappa shape index (κ2) is 7.05. The molecule has 0 aliphatic heterocycles. The molecule has 0 saturated heterocycles. The highest BCUT2D eigenvalue weighted by molar-refractivity contribution is 5.88. The van der Waals surface area contributed by atoms with Crippen LogP contribution in [0.3, 0.4) is 0 Å². The summed E-state index contributed by atoms with van der Waals surface area (Å²) in [6.45, 7) is 5.49. The van der Waals surface area contributed by atoms with Crippen LogP contribution in [0.5, 0.6) is 11.5 Å². The van der Waals surface area contributed by atoms with E-state index in [4.69, 9.17) is 9.84 Å². The van der Waals surface area contributed by atoms with Gasteiger partial charge in [0.05, 0.1) is 5.41 Å². The molecule has 2 aromatic carbocycles. The van der Waals surface area contributed by atoms with Crippen LogP contribution in [0, 0.1) is 28.6 Å². The summed E-state index contributed by atoms with van der Waals surface area (Å²) < 4.78 is 5.87. The molecule has 0 radical (unpaired) electrons. The van der Waals surface area contributed by atoms with Gasteiger partial charge in [0.2, 0.25) is 0 Å². The molecular weight excluding hydrogens is 356 g/mol. The summed E-state index contributed by atoms with van der Waals surface area (Å²) in [6, 6.07) is 16.7. The van der Waals surface area contributed by atoms with Gasteiger partial charge in [0, 0.05) is 11.8 Å². The average molecular weight is 378 g/mol. The van der Waals surface area contributed by atoms with E-state index in [1.807, 2.05) is 75.4 Å². The van der Waals surface area contributed by atoms with E-state index in [1.54, 1.807) is 0 Å². The van der Waals surface area contributed by atoms with Crippen molar-refractivity contribution in [1.82, 2.24) is 0 Å². The van der Waals surface area contributed by atoms with Crippen LogP contribution in [0.1, 0.15) is 32.3 Å². The van der Waals surface area contributed by atoms with Gasteiger partial charge in [0.15, 0.2) is 0 Å². The van der Waals surface area contributed by atoms with Crippen LogP contribution in [0.15, 0.2) is 54.6 Å². The number of benzene rings is 2. The van der Waals surface area contributed by atoms with E-state index >= 15 is 0 Å². The molecule has 0 spiro atoms. The Morgan fingerprint density at radius 3 is 2.29 bits per heavy atom. The third-order valence-electron chi connectivity index (χ3n) is 5.86. The predicted molar refractivity (Wildman–Crippen MR) is 104 cm³/mol. The van der Waals surface area contributed by atoms with Crippen molar-refractivity contribution in [2.24, 2.45) is 16.7 Å². The predicted octanol–water partition coefficient (Wildman–Crippen LogP) is 4.40. The lowest BCUT2D eigenvalue weighted by atomic mass is 9.79. The van der Waals surface area contributed by atoms with Crippen molar-refractivity contribution in [3.05, 3.63) is 60.2 Å². The van der Waals surface area contributed by atoms with E-state index in [-0.39, 0.29) is 5.92 Å². The number of carbonyl (C=O) groups is 2. The molecule has 1 saturated carbocycles. The lowest BCUT2D eigenvalue weighted by molar-refractivity contribution is -0.146. The van der Waals surface area contributed by atoms with E-state index in [9.17, 15) is 14.7 Å². The Labute approximate surface area is 164 Å². The Hall–Kier alpha value is -3.26. The SMILES string of the molecule is CC(c1cccc(Oc2ccccc2)c1)[C@@]1(C(=O)O)[C@H](C#CC(=O)O)C1(C)C. The van der Waals surface area contributed by atoms with E-state index < -0.39 is 28.7 Å². The van der Waals surface area contributed by atoms with Gasteiger partial charge >= 0.3 is 11.9 Å². The molecule has 0 heterocycles. The number of carboxylic acid groups (broad SMARTS) is 2. The van der Waals surface area contributed by atoms with Gasteiger partial charge in [0.1, 0.15) is 11.5 Å². The first-order valence-electron chi connectivity index (χ1n) is 9.02. The molecule has 2 aromatic rings. The second-order valence-electron chi connectivity index (χ2n) is 7.61. The average Bonchev–Trinajstić information content (AvgIpc) is 3.16. The molecule has 28 heavy (non-hydrogen) atoms. The van der Waals surface area contributed by atoms with Crippen LogP contribution in [-0.2, 0) is 9.59 Å². The first-order valence-corrected chi connectivity index (χ1v) is 9.02. The Bertz CT molecular complexity index is 967. The van der Waals surface area contributed by atoms with Gasteiger partial charge in [-0.1, -0.05) is 57.0 Å². The molecule has 5 nitrogen and oxygen atoms in total. The molecule has 1 fully saturated rings. The number of carboxylic acids is 2. The number of hydrogen-bond donors (Lipinski definition) is 2. The van der Waals surface area contributed by atoms with Gasteiger partial charge in [-0.05, 0) is 41.2 Å². The van der Waals surface area contributed by atoms with Gasteiger partial charge in [0.25, 0.3) is 0 Å². The van der Waals surface area contributed by atoms with Crippen molar-refractivity contribution < 1.29 is 24.5 Å². The Kier molecular flexibility index (Phi) is 4.91. The van der Waals surface area contributed by atoms with Gasteiger partial charge in [-0.2, -0.15) is 0 Å². The van der Waals surface area contributed by atoms with Crippen LogP contribution in [0.4, 0.5) is 0 Å². The topological polar surface area (TPSA) is 83.8 Å². The first-order chi connectivity index (χ1) is 13.2. The van der Waals surface area contributed by atoms with E-state index in [1.165, 1.54) is 0 Å². The fourth-order valence-electron chi connectivity index (χ4n) is 4.35. The van der Waals surface area contributed by atoms with Crippen LogP contribution in [0.25, 0.3) is 0 Å². The van der Waals surface area contributed by atoms with Crippen molar-refractivity contribution >= 4 is 11.9 Å². The summed E-state index contributed by atoms with van der Waals surface area (Å²) in [5.74, 6) is 2.91. The van der Waals surface area contributed by atoms with Gasteiger partial charge < -0.3 is 14.9 Å². The summed E-state index contributed by atoms with van der Waals surface area (Å²) in [5.41, 5.74) is -1.01. The van der Waals surface area contributed by atoms with E-state index in [2.05, 4.69) is 11.8 Å². The van der Waals surface area contributed by atoms with Crippen molar-refractivity contribution in [3.8, 4) is 23.3 Å². The van der Waals surface area contributed by atoms with Gasteiger partial charge in [-0.3, -0.25) is 4.79 Å². The number of rotatable bonds is 5. The number of hydrogen-bond acceptors (Lipinski definition) is 3. The highest BCUT2D eigenvalue weighted by Gasteiger charge is 2.77. The van der Waals surface area contributed by atoms with Crippen LogP contribution >= 0.6 is 0 Å². The van der Waals surface area contributed by atoms with Crippen molar-refractivity contribution in [2.75, 3.05) is 0 Å². The summed E-state index contributed by atoms with van der Waals surface area (Å²) in [4.78, 5) is 23.1. The minimum absolute atomic E-state index is 0.382. The molecule has 5 heteroatoms. The summed E-state index contributed by atoms with van der Waals surface area (Å²) in [5, 5.41) is 18.9. The molecule has 0 bridgehead atoms. The maximum absolute atomic E-state index is 12.3. The van der Waals surface area contributed by atoms with Gasteiger partial charge in [-0.15, -0.1) is 0 Å². The second-order valence-corrected chi connectivity index (χ2v) is 7.61.